The lowest BCUT2D eigenvalue weighted by Gasteiger charge is -2.31. The van der Waals surface area contributed by atoms with Gasteiger partial charge in [-0.1, -0.05) is 0 Å². The predicted molar refractivity (Wildman–Crippen MR) is 108 cm³/mol. The number of aromatic nitrogens is 4. The van der Waals surface area contributed by atoms with Gasteiger partial charge in [0, 0.05) is 43.1 Å². The average molecular weight is 400 g/mol. The molecule has 3 aliphatic rings. The minimum Gasteiger partial charge on any atom is -0.351 e. The van der Waals surface area contributed by atoms with Gasteiger partial charge in [0.05, 0.1) is 16.5 Å². The molecular formula is C19H25N7OS. The van der Waals surface area contributed by atoms with Crippen molar-refractivity contribution in [1.82, 2.24) is 24.1 Å². The maximum Gasteiger partial charge on any atom is 0.236 e. The summed E-state index contributed by atoms with van der Waals surface area (Å²) in [5.41, 5.74) is 0.649. The van der Waals surface area contributed by atoms with Gasteiger partial charge < -0.3 is 10.6 Å². The smallest absolute Gasteiger partial charge is 0.236 e. The molecule has 2 N–H and O–H groups in total. The summed E-state index contributed by atoms with van der Waals surface area (Å²) in [4.78, 5) is 22.3. The first-order valence-electron chi connectivity index (χ1n) is 9.96. The lowest BCUT2D eigenvalue weighted by Crippen LogP contribution is -2.35. The zero-order chi connectivity index (χ0) is 19.3. The molecule has 0 atom stereocenters. The highest BCUT2D eigenvalue weighted by molar-refractivity contribution is 7.97. The first kappa shape index (κ1) is 17.9. The molecule has 5 rings (SSSR count). The van der Waals surface area contributed by atoms with E-state index in [2.05, 4.69) is 50.0 Å². The fourth-order valence-corrected chi connectivity index (χ4v) is 4.88. The zero-order valence-electron chi connectivity index (χ0n) is 16.2. The predicted octanol–water partition coefficient (Wildman–Crippen LogP) is 2.82. The lowest BCUT2D eigenvalue weighted by molar-refractivity contribution is -0.117. The third-order valence-corrected chi connectivity index (χ3v) is 6.89. The number of nitrogens with one attached hydrogen (secondary N) is 2. The van der Waals surface area contributed by atoms with Crippen molar-refractivity contribution >= 4 is 29.6 Å². The maximum absolute atomic E-state index is 12.1. The molecule has 0 radical (unpaired) electrons. The van der Waals surface area contributed by atoms with Gasteiger partial charge in [-0.3, -0.25) is 9.48 Å². The van der Waals surface area contributed by atoms with Crippen LogP contribution in [-0.4, -0.2) is 49.1 Å². The highest BCUT2D eigenvalue weighted by Gasteiger charge is 2.57. The van der Waals surface area contributed by atoms with E-state index in [1.807, 2.05) is 17.1 Å². The molecule has 1 aliphatic carbocycles. The molecule has 148 valence electrons. The highest BCUT2D eigenvalue weighted by atomic mass is 32.2. The molecular weight excluding hydrogens is 374 g/mol. The molecule has 8 nitrogen and oxygen atoms in total. The normalized spacial score (nSPS) is 21.2. The van der Waals surface area contributed by atoms with Gasteiger partial charge in [-0.05, 0) is 51.5 Å². The van der Waals surface area contributed by atoms with Crippen LogP contribution in [0.1, 0.15) is 51.1 Å². The Morgan fingerprint density at radius 3 is 2.75 bits per heavy atom. The number of amides is 1. The number of anilines is 2. The van der Waals surface area contributed by atoms with Crippen LogP contribution in [0.4, 0.5) is 11.8 Å². The largest absolute Gasteiger partial charge is 0.351 e. The summed E-state index contributed by atoms with van der Waals surface area (Å²) >= 11 is 1.78. The third-order valence-electron chi connectivity index (χ3n) is 5.85. The number of nitrogens with zero attached hydrogens (tertiary/aromatic N) is 5. The lowest BCUT2D eigenvalue weighted by atomic mass is 10.0. The Morgan fingerprint density at radius 2 is 2.07 bits per heavy atom. The summed E-state index contributed by atoms with van der Waals surface area (Å²) in [5.74, 6) is 1.39. The van der Waals surface area contributed by atoms with Crippen LogP contribution in [0, 0.1) is 0 Å². The molecule has 2 aromatic heterocycles. The van der Waals surface area contributed by atoms with Gasteiger partial charge in [-0.2, -0.15) is 10.1 Å². The van der Waals surface area contributed by atoms with Gasteiger partial charge in [0.1, 0.15) is 5.82 Å². The molecule has 0 aromatic carbocycles. The van der Waals surface area contributed by atoms with Crippen LogP contribution in [-0.2, 0) is 10.2 Å². The molecule has 9 heteroatoms. The summed E-state index contributed by atoms with van der Waals surface area (Å²) in [5, 5.41) is 10.8. The van der Waals surface area contributed by atoms with Crippen LogP contribution in [0.15, 0.2) is 23.5 Å². The molecule has 2 aliphatic heterocycles. The van der Waals surface area contributed by atoms with E-state index < -0.39 is 0 Å². The molecule has 0 bridgehead atoms. The number of rotatable bonds is 5. The topological polar surface area (TPSA) is 88.0 Å². The van der Waals surface area contributed by atoms with E-state index in [1.165, 1.54) is 4.90 Å². The Balaban J connectivity index is 1.16. The van der Waals surface area contributed by atoms with Crippen molar-refractivity contribution in [2.45, 2.75) is 61.9 Å². The molecule has 1 saturated heterocycles. The molecule has 28 heavy (non-hydrogen) atoms. The van der Waals surface area contributed by atoms with Crippen molar-refractivity contribution in [2.24, 2.45) is 0 Å². The average Bonchev–Trinajstić information content (AvgIpc) is 3.26. The highest BCUT2D eigenvalue weighted by Crippen LogP contribution is 2.54. The van der Waals surface area contributed by atoms with Crippen LogP contribution in [0.5, 0.6) is 0 Å². The molecule has 0 unspecified atom stereocenters. The second kappa shape index (κ2) is 6.73. The maximum atomic E-state index is 12.1. The van der Waals surface area contributed by atoms with Crippen molar-refractivity contribution in [2.75, 3.05) is 23.7 Å². The third kappa shape index (κ3) is 3.16. The minimum absolute atomic E-state index is 0.0834. The number of piperidine rings is 1. The van der Waals surface area contributed by atoms with Crippen LogP contribution < -0.4 is 10.6 Å². The molecule has 1 spiro atoms. The summed E-state index contributed by atoms with van der Waals surface area (Å²) in [6.45, 7) is 6.27. The fourth-order valence-electron chi connectivity index (χ4n) is 3.94. The van der Waals surface area contributed by atoms with Gasteiger partial charge >= 0.3 is 0 Å². The Hall–Kier alpha value is -2.13. The summed E-state index contributed by atoms with van der Waals surface area (Å²) < 4.78 is 4.38. The zero-order valence-corrected chi connectivity index (χ0v) is 17.0. The summed E-state index contributed by atoms with van der Waals surface area (Å²) in [6, 6.07) is 0.733. The minimum atomic E-state index is -0.320. The quantitative estimate of drug-likeness (QED) is 0.748. The number of carbonyl (C=O) groups excluding carboxylic acids is 1. The fraction of sp³-hybridized carbons (Fsp3) is 0.579. The molecule has 2 aromatic rings. The number of fused-ring (bicyclic) bond motifs is 2. The van der Waals surface area contributed by atoms with E-state index in [9.17, 15) is 4.79 Å². The summed E-state index contributed by atoms with van der Waals surface area (Å²) in [7, 11) is 0. The van der Waals surface area contributed by atoms with Gasteiger partial charge in [0.25, 0.3) is 0 Å². The van der Waals surface area contributed by atoms with Crippen LogP contribution in [0.25, 0.3) is 0 Å². The van der Waals surface area contributed by atoms with Crippen molar-refractivity contribution in [3.05, 3.63) is 24.2 Å². The van der Waals surface area contributed by atoms with Gasteiger partial charge in [-0.15, -0.1) is 0 Å². The van der Waals surface area contributed by atoms with Gasteiger partial charge in [0.2, 0.25) is 11.9 Å². The van der Waals surface area contributed by atoms with E-state index in [1.54, 1.807) is 11.9 Å². The first-order chi connectivity index (χ1) is 13.5. The van der Waals surface area contributed by atoms with E-state index in [0.29, 0.717) is 23.8 Å². The van der Waals surface area contributed by atoms with Crippen LogP contribution in [0.2, 0.25) is 0 Å². The van der Waals surface area contributed by atoms with Gasteiger partial charge in [-0.25, -0.2) is 9.29 Å². The molecule has 1 saturated carbocycles. The number of hydrogen-bond acceptors (Lipinski definition) is 7. The van der Waals surface area contributed by atoms with E-state index >= 15 is 0 Å². The summed E-state index contributed by atoms with van der Waals surface area (Å²) in [6.07, 6.45) is 9.76. The van der Waals surface area contributed by atoms with Crippen molar-refractivity contribution < 1.29 is 4.79 Å². The van der Waals surface area contributed by atoms with Crippen LogP contribution in [0.3, 0.4) is 0 Å². The Morgan fingerprint density at radius 1 is 1.29 bits per heavy atom. The van der Waals surface area contributed by atoms with Crippen LogP contribution >= 0.6 is 11.9 Å². The second-order valence-corrected chi connectivity index (χ2v) is 9.35. The molecule has 2 fully saturated rings. The van der Waals surface area contributed by atoms with E-state index in [0.717, 1.165) is 44.3 Å². The standard InChI is InChI=1S/C19H25N7OS/c1-12(2)26-11-14(9-21-26)28-25-7-3-13(4-8-25)22-18-20-10-15-16(24-18)23-17(27)19(15)5-6-19/h9-13H,3-8H2,1-2H3,(H2,20,22,23,24,27). The van der Waals surface area contributed by atoms with Crippen molar-refractivity contribution in [3.8, 4) is 0 Å². The van der Waals surface area contributed by atoms with E-state index in [4.69, 9.17) is 0 Å². The van der Waals surface area contributed by atoms with Crippen molar-refractivity contribution in [3.63, 3.8) is 0 Å². The second-order valence-electron chi connectivity index (χ2n) is 8.18. The SMILES string of the molecule is CC(C)n1cc(SN2CCC(Nc3ncc4c(n3)NC(=O)C43CC3)CC2)cn1. The van der Waals surface area contributed by atoms with E-state index in [-0.39, 0.29) is 11.3 Å². The Bertz CT molecular complexity index is 899. The van der Waals surface area contributed by atoms with Gasteiger partial charge in [0.15, 0.2) is 0 Å². The van der Waals surface area contributed by atoms with Crippen molar-refractivity contribution in [1.29, 1.82) is 0 Å². The molecule has 1 amide bonds. The monoisotopic (exact) mass is 399 g/mol. The number of carbonyl (C=O) groups is 1. The Kier molecular flexibility index (Phi) is 4.31. The molecule has 4 heterocycles. The first-order valence-corrected chi connectivity index (χ1v) is 10.7. The Labute approximate surface area is 168 Å². The number of hydrogen-bond donors (Lipinski definition) is 2.